The van der Waals surface area contributed by atoms with Crippen molar-refractivity contribution < 1.29 is 9.66 Å². The van der Waals surface area contributed by atoms with Crippen LogP contribution in [0.5, 0.6) is 5.75 Å². The molecule has 1 aromatic carbocycles. The molecule has 0 heterocycles. The van der Waals surface area contributed by atoms with Crippen molar-refractivity contribution in [3.8, 4) is 5.75 Å². The first-order valence-electron chi connectivity index (χ1n) is 6.77. The van der Waals surface area contributed by atoms with Crippen molar-refractivity contribution >= 4 is 11.4 Å². The molecule has 2 rings (SSSR count). The predicted molar refractivity (Wildman–Crippen MR) is 74.7 cm³/mol. The molecule has 0 radical (unpaired) electrons. The molecule has 0 aromatic heterocycles. The van der Waals surface area contributed by atoms with E-state index >= 15 is 0 Å². The molecule has 0 amide bonds. The largest absolute Gasteiger partial charge is 0.494 e. The minimum Gasteiger partial charge on any atom is -0.494 e. The summed E-state index contributed by atoms with van der Waals surface area (Å²) in [7, 11) is 0. The van der Waals surface area contributed by atoms with Crippen LogP contribution in [0.2, 0.25) is 0 Å². The molecule has 2 atom stereocenters. The van der Waals surface area contributed by atoms with Gasteiger partial charge in [-0.2, -0.15) is 0 Å². The zero-order chi connectivity index (χ0) is 13.8. The highest BCUT2D eigenvalue weighted by Crippen LogP contribution is 2.31. The summed E-state index contributed by atoms with van der Waals surface area (Å²) in [5, 5.41) is 14.3. The number of non-ortho nitro benzene ring substituents is 1. The van der Waals surface area contributed by atoms with E-state index in [4.69, 9.17) is 4.74 Å². The number of ether oxygens (including phenoxy) is 1. The van der Waals surface area contributed by atoms with Crippen molar-refractivity contribution in [2.24, 2.45) is 5.92 Å². The second-order valence-electron chi connectivity index (χ2n) is 5.17. The zero-order valence-corrected chi connectivity index (χ0v) is 11.4. The number of rotatable bonds is 5. The van der Waals surface area contributed by atoms with Crippen LogP contribution in [0.1, 0.15) is 33.1 Å². The van der Waals surface area contributed by atoms with Gasteiger partial charge < -0.3 is 10.1 Å². The van der Waals surface area contributed by atoms with Crippen molar-refractivity contribution in [2.75, 3.05) is 11.9 Å². The standard InChI is InChI=1S/C14H20N2O3/c1-3-19-14-8-12(7-13(9-14)16(17)18)15-11-5-4-10(2)6-11/h7-11,15H,3-6H2,1-2H3. The third kappa shape index (κ3) is 3.59. The fraction of sp³-hybridized carbons (Fsp3) is 0.571. The third-order valence-electron chi connectivity index (χ3n) is 3.48. The van der Waals surface area contributed by atoms with Gasteiger partial charge in [-0.15, -0.1) is 0 Å². The number of nitrogens with zero attached hydrogens (tertiary/aromatic N) is 1. The van der Waals surface area contributed by atoms with E-state index in [0.29, 0.717) is 18.4 Å². The van der Waals surface area contributed by atoms with Gasteiger partial charge in [0.25, 0.3) is 5.69 Å². The molecule has 0 spiro atoms. The first kappa shape index (κ1) is 13.6. The van der Waals surface area contributed by atoms with Gasteiger partial charge in [-0.25, -0.2) is 0 Å². The minimum absolute atomic E-state index is 0.0690. The third-order valence-corrected chi connectivity index (χ3v) is 3.48. The van der Waals surface area contributed by atoms with E-state index in [9.17, 15) is 10.1 Å². The molecule has 1 fully saturated rings. The summed E-state index contributed by atoms with van der Waals surface area (Å²) in [6, 6.07) is 5.28. The van der Waals surface area contributed by atoms with Gasteiger partial charge in [-0.05, 0) is 32.1 Å². The van der Waals surface area contributed by atoms with Crippen LogP contribution in [0.25, 0.3) is 0 Å². The minimum atomic E-state index is -0.384. The average Bonchev–Trinajstić information content (AvgIpc) is 2.75. The Hall–Kier alpha value is -1.78. The van der Waals surface area contributed by atoms with Gasteiger partial charge in [0.2, 0.25) is 0 Å². The van der Waals surface area contributed by atoms with Gasteiger partial charge in [-0.3, -0.25) is 10.1 Å². The number of nitro groups is 1. The average molecular weight is 264 g/mol. The van der Waals surface area contributed by atoms with Gasteiger partial charge in [0.1, 0.15) is 5.75 Å². The van der Waals surface area contributed by atoms with Crippen molar-refractivity contribution in [3.05, 3.63) is 28.3 Å². The molecule has 1 saturated carbocycles. The van der Waals surface area contributed by atoms with Crippen LogP contribution in [0.15, 0.2) is 18.2 Å². The topological polar surface area (TPSA) is 64.4 Å². The Bertz CT molecular complexity index is 462. The maximum atomic E-state index is 10.9. The molecule has 1 aliphatic rings. The molecule has 0 aliphatic heterocycles. The summed E-state index contributed by atoms with van der Waals surface area (Å²) in [4.78, 5) is 10.5. The van der Waals surface area contributed by atoms with Crippen LogP contribution in [-0.2, 0) is 0 Å². The normalized spacial score (nSPS) is 22.2. The van der Waals surface area contributed by atoms with Crippen LogP contribution >= 0.6 is 0 Å². The van der Waals surface area contributed by atoms with E-state index in [0.717, 1.165) is 24.4 Å². The van der Waals surface area contributed by atoms with Gasteiger partial charge in [0, 0.05) is 23.9 Å². The smallest absolute Gasteiger partial charge is 0.275 e. The maximum Gasteiger partial charge on any atom is 0.275 e. The molecule has 2 unspecified atom stereocenters. The number of anilines is 1. The molecule has 0 bridgehead atoms. The lowest BCUT2D eigenvalue weighted by molar-refractivity contribution is -0.384. The Kier molecular flexibility index (Phi) is 4.24. The monoisotopic (exact) mass is 264 g/mol. The fourth-order valence-corrected chi connectivity index (χ4v) is 2.60. The molecule has 1 aliphatic carbocycles. The van der Waals surface area contributed by atoms with E-state index in [2.05, 4.69) is 12.2 Å². The highest BCUT2D eigenvalue weighted by molar-refractivity contribution is 5.56. The predicted octanol–water partition coefficient (Wildman–Crippen LogP) is 3.59. The van der Waals surface area contributed by atoms with Crippen LogP contribution in [-0.4, -0.2) is 17.6 Å². The lowest BCUT2D eigenvalue weighted by Crippen LogP contribution is -2.15. The van der Waals surface area contributed by atoms with Crippen molar-refractivity contribution in [2.45, 2.75) is 39.2 Å². The zero-order valence-electron chi connectivity index (χ0n) is 11.4. The highest BCUT2D eigenvalue weighted by atomic mass is 16.6. The Morgan fingerprint density at radius 3 is 2.79 bits per heavy atom. The molecular formula is C14H20N2O3. The van der Waals surface area contributed by atoms with Gasteiger partial charge in [-0.1, -0.05) is 6.92 Å². The van der Waals surface area contributed by atoms with E-state index in [-0.39, 0.29) is 10.6 Å². The lowest BCUT2D eigenvalue weighted by Gasteiger charge is -2.15. The maximum absolute atomic E-state index is 10.9. The Morgan fingerprint density at radius 2 is 2.21 bits per heavy atom. The number of nitrogens with one attached hydrogen (secondary N) is 1. The Labute approximate surface area is 113 Å². The molecule has 5 nitrogen and oxygen atoms in total. The molecule has 104 valence electrons. The number of nitro benzene ring substituents is 1. The Morgan fingerprint density at radius 1 is 1.42 bits per heavy atom. The SMILES string of the molecule is CCOc1cc(NC2CCC(C)C2)cc([N+](=O)[O-])c1. The van der Waals surface area contributed by atoms with E-state index in [1.54, 1.807) is 6.07 Å². The molecule has 1 aromatic rings. The van der Waals surface area contributed by atoms with Crippen LogP contribution in [0, 0.1) is 16.0 Å². The molecule has 5 heteroatoms. The van der Waals surface area contributed by atoms with Gasteiger partial charge in [0.05, 0.1) is 17.6 Å². The summed E-state index contributed by atoms with van der Waals surface area (Å²) < 4.78 is 5.38. The molecule has 1 N–H and O–H groups in total. The quantitative estimate of drug-likeness (QED) is 0.652. The fourth-order valence-electron chi connectivity index (χ4n) is 2.60. The van der Waals surface area contributed by atoms with Crippen molar-refractivity contribution in [1.82, 2.24) is 0 Å². The van der Waals surface area contributed by atoms with Crippen molar-refractivity contribution in [1.29, 1.82) is 0 Å². The number of hydrogen-bond donors (Lipinski definition) is 1. The number of hydrogen-bond acceptors (Lipinski definition) is 4. The molecule has 0 saturated heterocycles. The van der Waals surface area contributed by atoms with Crippen molar-refractivity contribution in [3.63, 3.8) is 0 Å². The van der Waals surface area contributed by atoms with E-state index < -0.39 is 0 Å². The van der Waals surface area contributed by atoms with Gasteiger partial charge >= 0.3 is 0 Å². The highest BCUT2D eigenvalue weighted by Gasteiger charge is 2.22. The summed E-state index contributed by atoms with van der Waals surface area (Å²) in [6.45, 7) is 4.60. The van der Waals surface area contributed by atoms with Crippen LogP contribution in [0.3, 0.4) is 0 Å². The molecule has 19 heavy (non-hydrogen) atoms. The lowest BCUT2D eigenvalue weighted by atomic mass is 10.1. The first-order valence-corrected chi connectivity index (χ1v) is 6.77. The molecular weight excluding hydrogens is 244 g/mol. The first-order chi connectivity index (χ1) is 9.08. The second-order valence-corrected chi connectivity index (χ2v) is 5.17. The van der Waals surface area contributed by atoms with Crippen LogP contribution < -0.4 is 10.1 Å². The summed E-state index contributed by atoms with van der Waals surface area (Å²) in [6.07, 6.45) is 3.45. The van der Waals surface area contributed by atoms with Gasteiger partial charge in [0.15, 0.2) is 0 Å². The second kappa shape index (κ2) is 5.91. The Balaban J connectivity index is 2.16. The summed E-state index contributed by atoms with van der Waals surface area (Å²) in [5.74, 6) is 1.27. The van der Waals surface area contributed by atoms with Crippen LogP contribution in [0.4, 0.5) is 11.4 Å². The summed E-state index contributed by atoms with van der Waals surface area (Å²) in [5.41, 5.74) is 0.844. The summed E-state index contributed by atoms with van der Waals surface area (Å²) >= 11 is 0. The van der Waals surface area contributed by atoms with E-state index in [1.165, 1.54) is 12.5 Å². The van der Waals surface area contributed by atoms with E-state index in [1.807, 2.05) is 13.0 Å². The number of benzene rings is 1.